The number of oxime groups is 1. The van der Waals surface area contributed by atoms with E-state index in [2.05, 4.69) is 41.3 Å². The van der Waals surface area contributed by atoms with E-state index in [9.17, 15) is 10.0 Å². The summed E-state index contributed by atoms with van der Waals surface area (Å²) in [6.07, 6.45) is 3.12. The van der Waals surface area contributed by atoms with Gasteiger partial charge in [0, 0.05) is 17.5 Å². The third-order valence-electron chi connectivity index (χ3n) is 6.29. The summed E-state index contributed by atoms with van der Waals surface area (Å²) in [6, 6.07) is 23.5. The first kappa shape index (κ1) is 25.1. The maximum absolute atomic E-state index is 11.8. The van der Waals surface area contributed by atoms with Crippen molar-refractivity contribution in [3.05, 3.63) is 112 Å². The second-order valence-electron chi connectivity index (χ2n) is 8.59. The van der Waals surface area contributed by atoms with Crippen LogP contribution < -0.4 is 0 Å². The van der Waals surface area contributed by atoms with Gasteiger partial charge in [0.1, 0.15) is 0 Å². The van der Waals surface area contributed by atoms with E-state index in [1.807, 2.05) is 49.5 Å². The molecular weight excluding hydrogens is 472 g/mol. The maximum atomic E-state index is 11.8. The highest BCUT2D eigenvalue weighted by atomic mass is 35.5. The number of carbonyl (C=O) groups is 1. The summed E-state index contributed by atoms with van der Waals surface area (Å²) in [4.78, 5) is 16.1. The van der Waals surface area contributed by atoms with Crippen LogP contribution in [0.5, 0.6) is 0 Å². The van der Waals surface area contributed by atoms with Crippen LogP contribution in [0.2, 0.25) is 5.02 Å². The molecule has 0 bridgehead atoms. The summed E-state index contributed by atoms with van der Waals surface area (Å²) >= 11 is 6.27. The molecule has 0 unspecified atom stereocenters. The predicted octanol–water partition coefficient (Wildman–Crippen LogP) is 7.28. The van der Waals surface area contributed by atoms with Gasteiger partial charge in [0.15, 0.2) is 0 Å². The van der Waals surface area contributed by atoms with Gasteiger partial charge in [-0.3, -0.25) is 4.98 Å². The number of ether oxygens (including phenoxy) is 1. The zero-order valence-electron chi connectivity index (χ0n) is 20.5. The Morgan fingerprint density at radius 2 is 1.69 bits per heavy atom. The Balaban J connectivity index is 1.49. The highest BCUT2D eigenvalue weighted by molar-refractivity contribution is 6.33. The molecule has 0 atom stereocenters. The van der Waals surface area contributed by atoms with Crippen LogP contribution in [0, 0.1) is 13.8 Å². The van der Waals surface area contributed by atoms with Crippen molar-refractivity contribution in [1.29, 1.82) is 0 Å². The first-order valence-electron chi connectivity index (χ1n) is 11.6. The van der Waals surface area contributed by atoms with Gasteiger partial charge in [-0.2, -0.15) is 0 Å². The molecule has 0 aliphatic heterocycles. The number of aromatic nitrogens is 1. The van der Waals surface area contributed by atoms with Crippen molar-refractivity contribution in [2.24, 2.45) is 5.16 Å². The number of hydrogen-bond acceptors (Lipinski definition) is 5. The van der Waals surface area contributed by atoms with E-state index < -0.39 is 5.97 Å². The minimum absolute atomic E-state index is 0.341. The van der Waals surface area contributed by atoms with E-state index in [-0.39, 0.29) is 0 Å². The Kier molecular flexibility index (Phi) is 7.81. The van der Waals surface area contributed by atoms with Crippen LogP contribution in [0.15, 0.2) is 84.1 Å². The zero-order valence-corrected chi connectivity index (χ0v) is 21.2. The number of hydrogen-bond donors (Lipinski definition) is 1. The Bertz CT molecular complexity index is 1430. The van der Waals surface area contributed by atoms with E-state index in [0.717, 1.165) is 51.1 Å². The van der Waals surface area contributed by atoms with Crippen LogP contribution in [0.3, 0.4) is 0 Å². The molecule has 0 amide bonds. The van der Waals surface area contributed by atoms with Gasteiger partial charge in [0.25, 0.3) is 0 Å². The van der Waals surface area contributed by atoms with Crippen molar-refractivity contribution >= 4 is 23.3 Å². The normalized spacial score (nSPS) is 11.4. The summed E-state index contributed by atoms with van der Waals surface area (Å²) in [7, 11) is 1.33. The quantitative estimate of drug-likeness (QED) is 0.126. The van der Waals surface area contributed by atoms with Gasteiger partial charge < -0.3 is 9.94 Å². The zero-order chi connectivity index (χ0) is 25.7. The van der Waals surface area contributed by atoms with Crippen molar-refractivity contribution < 1.29 is 14.7 Å². The summed E-state index contributed by atoms with van der Waals surface area (Å²) in [5.41, 5.74) is 9.16. The minimum Gasteiger partial charge on any atom is -0.465 e. The molecule has 1 heterocycles. The molecule has 1 aromatic heterocycles. The fraction of sp³-hybridized carbons (Fsp3) is 0.167. The number of carbonyl (C=O) groups excluding carboxylic acids is 1. The summed E-state index contributed by atoms with van der Waals surface area (Å²) < 4.78 is 4.75. The summed E-state index contributed by atoms with van der Waals surface area (Å²) in [5.74, 6) is -0.458. The number of halogens is 1. The van der Waals surface area contributed by atoms with Gasteiger partial charge in [0.05, 0.1) is 23.4 Å². The number of methoxy groups -OCH3 is 1. The van der Waals surface area contributed by atoms with Gasteiger partial charge in [-0.1, -0.05) is 65.3 Å². The molecule has 182 valence electrons. The first-order valence-corrected chi connectivity index (χ1v) is 12.0. The molecule has 0 radical (unpaired) electrons. The largest absolute Gasteiger partial charge is 0.465 e. The van der Waals surface area contributed by atoms with Crippen molar-refractivity contribution in [2.75, 3.05) is 7.11 Å². The molecule has 0 fully saturated rings. The van der Waals surface area contributed by atoms with Crippen LogP contribution in [0.1, 0.15) is 39.2 Å². The highest BCUT2D eigenvalue weighted by Crippen LogP contribution is 2.29. The molecule has 6 heteroatoms. The topological polar surface area (TPSA) is 71.8 Å². The number of benzene rings is 3. The van der Waals surface area contributed by atoms with E-state index in [4.69, 9.17) is 16.3 Å². The lowest BCUT2D eigenvalue weighted by Crippen LogP contribution is -2.06. The minimum atomic E-state index is -0.458. The van der Waals surface area contributed by atoms with E-state index in [1.54, 1.807) is 12.1 Å². The number of esters is 1. The molecule has 4 aromatic rings. The molecule has 5 nitrogen and oxygen atoms in total. The van der Waals surface area contributed by atoms with E-state index in [0.29, 0.717) is 22.7 Å². The molecule has 1 N–H and O–H groups in total. The third kappa shape index (κ3) is 5.47. The average Bonchev–Trinajstić information content (AvgIpc) is 2.89. The lowest BCUT2D eigenvalue weighted by Gasteiger charge is -2.13. The molecule has 36 heavy (non-hydrogen) atoms. The molecule has 3 aromatic carbocycles. The Hall–Kier alpha value is -3.96. The smallest absolute Gasteiger partial charge is 0.339 e. The molecule has 0 saturated heterocycles. The fourth-order valence-corrected chi connectivity index (χ4v) is 4.57. The predicted molar refractivity (Wildman–Crippen MR) is 144 cm³/mol. The maximum Gasteiger partial charge on any atom is 0.339 e. The monoisotopic (exact) mass is 498 g/mol. The van der Waals surface area contributed by atoms with Gasteiger partial charge in [0.2, 0.25) is 0 Å². The fourth-order valence-electron chi connectivity index (χ4n) is 4.31. The van der Waals surface area contributed by atoms with Crippen LogP contribution >= 0.6 is 11.6 Å². The van der Waals surface area contributed by atoms with Crippen molar-refractivity contribution in [3.63, 3.8) is 0 Å². The molecule has 4 rings (SSSR count). The van der Waals surface area contributed by atoms with E-state index in [1.165, 1.54) is 7.11 Å². The molecule has 0 saturated carbocycles. The molecule has 0 spiro atoms. The van der Waals surface area contributed by atoms with Gasteiger partial charge >= 0.3 is 5.97 Å². The Morgan fingerprint density at radius 1 is 0.944 bits per heavy atom. The van der Waals surface area contributed by atoms with Crippen LogP contribution in [0.25, 0.3) is 22.3 Å². The second kappa shape index (κ2) is 11.2. The lowest BCUT2D eigenvalue weighted by atomic mass is 9.92. The average molecular weight is 499 g/mol. The van der Waals surface area contributed by atoms with Gasteiger partial charge in [-0.25, -0.2) is 4.79 Å². The number of pyridine rings is 1. The summed E-state index contributed by atoms with van der Waals surface area (Å²) in [6.45, 7) is 4.03. The molecule has 0 aliphatic rings. The Labute approximate surface area is 216 Å². The summed E-state index contributed by atoms with van der Waals surface area (Å²) in [5, 5.41) is 13.8. The standard InChI is InChI=1S/C30H27ClN2O3/c1-19-17-24(15-16-32-19)25-5-4-6-26(20(25)2)29(33-35)14-9-21-7-10-22(11-8-21)23-12-13-27(28(31)18-23)30(34)36-3/h4-8,10-13,15-18,35H,9,14H2,1-3H3/b33-29-. The Morgan fingerprint density at radius 3 is 2.36 bits per heavy atom. The van der Waals surface area contributed by atoms with Crippen molar-refractivity contribution in [2.45, 2.75) is 26.7 Å². The van der Waals surface area contributed by atoms with Gasteiger partial charge in [-0.15, -0.1) is 0 Å². The van der Waals surface area contributed by atoms with Crippen molar-refractivity contribution in [3.8, 4) is 22.3 Å². The third-order valence-corrected chi connectivity index (χ3v) is 6.60. The van der Waals surface area contributed by atoms with E-state index >= 15 is 0 Å². The van der Waals surface area contributed by atoms with Gasteiger partial charge in [-0.05, 0) is 84.3 Å². The van der Waals surface area contributed by atoms with Crippen LogP contribution in [0.4, 0.5) is 0 Å². The first-order chi connectivity index (χ1) is 17.4. The molecular formula is C30H27ClN2O3. The highest BCUT2D eigenvalue weighted by Gasteiger charge is 2.14. The SMILES string of the molecule is COC(=O)c1ccc(-c2ccc(CC/C(=N/O)c3cccc(-c4ccnc(C)c4)c3C)cc2)cc1Cl. The lowest BCUT2D eigenvalue weighted by molar-refractivity contribution is 0.0601. The number of aryl methyl sites for hydroxylation is 2. The number of rotatable bonds is 7. The van der Waals surface area contributed by atoms with Crippen LogP contribution in [-0.2, 0) is 11.2 Å². The second-order valence-corrected chi connectivity index (χ2v) is 9.00. The number of nitrogens with zero attached hydrogens (tertiary/aromatic N) is 2. The van der Waals surface area contributed by atoms with Crippen molar-refractivity contribution in [1.82, 2.24) is 4.98 Å². The van der Waals surface area contributed by atoms with Crippen LogP contribution in [-0.4, -0.2) is 29.0 Å². The molecule has 0 aliphatic carbocycles.